The second-order valence-corrected chi connectivity index (χ2v) is 2.93. The first-order valence-corrected chi connectivity index (χ1v) is 5.01. The summed E-state index contributed by atoms with van der Waals surface area (Å²) >= 11 is 0. The lowest BCUT2D eigenvalue weighted by Gasteiger charge is -2.22. The molecule has 1 rings (SSSR count). The summed E-state index contributed by atoms with van der Waals surface area (Å²) in [6, 6.07) is 0. The van der Waals surface area contributed by atoms with Crippen LogP contribution in [0.3, 0.4) is 0 Å². The van der Waals surface area contributed by atoms with Gasteiger partial charge in [-0.2, -0.15) is 0 Å². The van der Waals surface area contributed by atoms with Crippen molar-refractivity contribution in [3.63, 3.8) is 0 Å². The van der Waals surface area contributed by atoms with Crippen LogP contribution in [0.25, 0.3) is 0 Å². The maximum Gasteiger partial charge on any atom is 0.0553 e. The summed E-state index contributed by atoms with van der Waals surface area (Å²) in [7, 11) is 6.11. The molecule has 0 fully saturated rings. The van der Waals surface area contributed by atoms with E-state index in [0.717, 1.165) is 6.42 Å². The zero-order chi connectivity index (χ0) is 10.3. The lowest BCUT2D eigenvalue weighted by atomic mass is 10.1. The third kappa shape index (κ3) is 3.53. The van der Waals surface area contributed by atoms with Crippen molar-refractivity contribution >= 4 is 0 Å². The van der Waals surface area contributed by atoms with E-state index < -0.39 is 0 Å². The Morgan fingerprint density at radius 3 is 2.08 bits per heavy atom. The largest absolute Gasteiger partial charge is 0.387 e. The summed E-state index contributed by atoms with van der Waals surface area (Å²) in [6.07, 6.45) is 6.84. The van der Waals surface area contributed by atoms with Crippen LogP contribution in [0.15, 0.2) is 23.5 Å². The van der Waals surface area contributed by atoms with Crippen molar-refractivity contribution < 1.29 is 0 Å². The topological polar surface area (TPSA) is 15.3 Å². The Kier molecular flexibility index (Phi) is 6.11. The summed E-state index contributed by atoms with van der Waals surface area (Å²) < 4.78 is 0. The average Bonchev–Trinajstić information content (AvgIpc) is 2.20. The van der Waals surface area contributed by atoms with Crippen molar-refractivity contribution in [1.29, 1.82) is 0 Å². The van der Waals surface area contributed by atoms with Gasteiger partial charge in [0.1, 0.15) is 0 Å². The molecule has 76 valence electrons. The van der Waals surface area contributed by atoms with E-state index >= 15 is 0 Å². The molecule has 2 nitrogen and oxygen atoms in total. The average molecular weight is 182 g/mol. The van der Waals surface area contributed by atoms with E-state index in [2.05, 4.69) is 36.5 Å². The van der Waals surface area contributed by atoms with Crippen LogP contribution in [-0.2, 0) is 0 Å². The first-order chi connectivity index (χ1) is 6.25. The van der Waals surface area contributed by atoms with E-state index in [1.807, 2.05) is 20.9 Å². The van der Waals surface area contributed by atoms with Crippen LogP contribution in [0.1, 0.15) is 26.7 Å². The number of nitrogens with one attached hydrogen (secondary N) is 1. The Morgan fingerprint density at radius 2 is 1.69 bits per heavy atom. The van der Waals surface area contributed by atoms with Crippen molar-refractivity contribution in [3.05, 3.63) is 23.5 Å². The second kappa shape index (κ2) is 6.58. The molecule has 1 N–H and O–H groups in total. The minimum Gasteiger partial charge on any atom is -0.387 e. The normalized spacial score (nSPS) is 14.8. The molecule has 0 bridgehead atoms. The van der Waals surface area contributed by atoms with Crippen molar-refractivity contribution in [2.75, 3.05) is 21.1 Å². The molecule has 1 aliphatic rings. The highest BCUT2D eigenvalue weighted by Gasteiger charge is 2.07. The van der Waals surface area contributed by atoms with Crippen LogP contribution in [0.5, 0.6) is 0 Å². The Labute approximate surface area is 82.3 Å². The number of hydrogen-bond acceptors (Lipinski definition) is 2. The zero-order valence-electron chi connectivity index (χ0n) is 9.52. The summed E-state index contributed by atoms with van der Waals surface area (Å²) in [6.45, 7) is 4.00. The van der Waals surface area contributed by atoms with Crippen molar-refractivity contribution in [1.82, 2.24) is 10.2 Å². The van der Waals surface area contributed by atoms with Crippen molar-refractivity contribution in [3.8, 4) is 0 Å². The summed E-state index contributed by atoms with van der Waals surface area (Å²) in [5.41, 5.74) is 2.56. The fourth-order valence-electron chi connectivity index (χ4n) is 1.32. The number of likely N-dealkylation sites (N-methyl/N-ethyl adjacent to an activating group) is 2. The van der Waals surface area contributed by atoms with Crippen LogP contribution in [-0.4, -0.2) is 26.0 Å². The highest BCUT2D eigenvalue weighted by Crippen LogP contribution is 2.17. The minimum atomic E-state index is 1.16. The summed E-state index contributed by atoms with van der Waals surface area (Å²) in [5, 5.41) is 3.19. The van der Waals surface area contributed by atoms with Gasteiger partial charge in [-0.3, -0.25) is 0 Å². The van der Waals surface area contributed by atoms with E-state index in [4.69, 9.17) is 0 Å². The maximum absolute atomic E-state index is 3.19. The molecule has 0 radical (unpaired) electrons. The molecular formula is C11H22N2. The van der Waals surface area contributed by atoms with Gasteiger partial charge in [0.05, 0.1) is 11.4 Å². The van der Waals surface area contributed by atoms with Gasteiger partial charge in [-0.1, -0.05) is 26.0 Å². The van der Waals surface area contributed by atoms with Crippen LogP contribution in [0.4, 0.5) is 0 Å². The van der Waals surface area contributed by atoms with Crippen LogP contribution in [0.2, 0.25) is 0 Å². The highest BCUT2D eigenvalue weighted by atomic mass is 15.1. The molecule has 0 aliphatic heterocycles. The predicted molar refractivity (Wildman–Crippen MR) is 59.5 cm³/mol. The van der Waals surface area contributed by atoms with Crippen molar-refractivity contribution in [2.45, 2.75) is 26.7 Å². The molecule has 0 aromatic rings. The van der Waals surface area contributed by atoms with Gasteiger partial charge >= 0.3 is 0 Å². The zero-order valence-corrected chi connectivity index (χ0v) is 9.52. The van der Waals surface area contributed by atoms with Crippen LogP contribution in [0, 0.1) is 0 Å². The lowest BCUT2D eigenvalue weighted by molar-refractivity contribution is 0.506. The van der Waals surface area contributed by atoms with Gasteiger partial charge in [-0.05, 0) is 12.8 Å². The van der Waals surface area contributed by atoms with E-state index in [1.54, 1.807) is 0 Å². The quantitative estimate of drug-likeness (QED) is 0.705. The lowest BCUT2D eigenvalue weighted by Crippen LogP contribution is -2.21. The minimum absolute atomic E-state index is 1.16. The molecule has 0 spiro atoms. The predicted octanol–water partition coefficient (Wildman–Crippen LogP) is 2.36. The molecule has 13 heavy (non-hydrogen) atoms. The molecular weight excluding hydrogens is 160 g/mol. The third-order valence-electron chi connectivity index (χ3n) is 1.88. The van der Waals surface area contributed by atoms with E-state index in [1.165, 1.54) is 17.8 Å². The molecule has 0 aromatic carbocycles. The van der Waals surface area contributed by atoms with Gasteiger partial charge < -0.3 is 10.2 Å². The molecule has 1 aliphatic carbocycles. The van der Waals surface area contributed by atoms with Gasteiger partial charge in [0.25, 0.3) is 0 Å². The smallest absolute Gasteiger partial charge is 0.0553 e. The molecule has 0 saturated heterocycles. The Hall–Kier alpha value is -0.920. The number of allylic oxidation sites excluding steroid dienone is 2. The highest BCUT2D eigenvalue weighted by molar-refractivity contribution is 5.30. The van der Waals surface area contributed by atoms with Crippen LogP contribution >= 0.6 is 0 Å². The summed E-state index contributed by atoms with van der Waals surface area (Å²) in [4.78, 5) is 2.14. The molecule has 0 unspecified atom stereocenters. The molecule has 0 atom stereocenters. The maximum atomic E-state index is 3.19. The molecule has 0 saturated carbocycles. The fraction of sp³-hybridized carbons (Fsp3) is 0.636. The fourth-order valence-corrected chi connectivity index (χ4v) is 1.32. The monoisotopic (exact) mass is 182 g/mol. The molecule has 2 heteroatoms. The van der Waals surface area contributed by atoms with Gasteiger partial charge in [0.2, 0.25) is 0 Å². The number of hydrogen-bond donors (Lipinski definition) is 1. The van der Waals surface area contributed by atoms with Crippen LogP contribution < -0.4 is 5.32 Å². The molecule has 0 heterocycles. The number of nitrogens with zero attached hydrogens (tertiary/aromatic N) is 1. The number of rotatable bonds is 2. The van der Waals surface area contributed by atoms with E-state index in [0.29, 0.717) is 0 Å². The SMILES string of the molecule is CC.CNC1=CCCC=C1N(C)C. The molecule has 0 amide bonds. The van der Waals surface area contributed by atoms with Gasteiger partial charge in [-0.15, -0.1) is 0 Å². The second-order valence-electron chi connectivity index (χ2n) is 2.93. The summed E-state index contributed by atoms with van der Waals surface area (Å²) in [5.74, 6) is 0. The Balaban J connectivity index is 0.000000671. The Morgan fingerprint density at radius 1 is 1.15 bits per heavy atom. The first-order valence-electron chi connectivity index (χ1n) is 5.01. The first kappa shape index (κ1) is 12.1. The van der Waals surface area contributed by atoms with Crippen molar-refractivity contribution in [2.24, 2.45) is 0 Å². The van der Waals surface area contributed by atoms with E-state index in [9.17, 15) is 0 Å². The molecule has 0 aromatic heterocycles. The van der Waals surface area contributed by atoms with E-state index in [-0.39, 0.29) is 0 Å². The standard InChI is InChI=1S/C9H16N2.C2H6/c1-10-8-6-4-5-7-9(8)11(2)3;1-2/h6-7,10H,4-5H2,1-3H3;1-2H3. The van der Waals surface area contributed by atoms with Gasteiger partial charge in [0, 0.05) is 21.1 Å². The third-order valence-corrected chi connectivity index (χ3v) is 1.88. The van der Waals surface area contributed by atoms with Gasteiger partial charge in [0.15, 0.2) is 0 Å². The van der Waals surface area contributed by atoms with Gasteiger partial charge in [-0.25, -0.2) is 0 Å². The Bertz CT molecular complexity index is 190.